The molecule has 0 atom stereocenters. The minimum Gasteiger partial charge on any atom is -0.484 e. The maximum absolute atomic E-state index is 12.9. The molecule has 1 heterocycles. The van der Waals surface area contributed by atoms with Crippen LogP contribution in [0.2, 0.25) is 5.02 Å². The number of carboxylic acids is 1. The summed E-state index contributed by atoms with van der Waals surface area (Å²) in [5.74, 6) is -5.79. The lowest BCUT2D eigenvalue weighted by Crippen LogP contribution is -2.40. The number of nitrogens with one attached hydrogen (secondary N) is 4. The molecular weight excluding hydrogens is 782 g/mol. The Morgan fingerprint density at radius 1 is 0.768 bits per heavy atom. The first-order valence-electron chi connectivity index (χ1n) is 16.0. The van der Waals surface area contributed by atoms with Crippen molar-refractivity contribution in [3.63, 3.8) is 0 Å². The van der Waals surface area contributed by atoms with Crippen molar-refractivity contribution in [2.75, 3.05) is 35.7 Å². The van der Waals surface area contributed by atoms with Gasteiger partial charge in [0.05, 0.1) is 12.1 Å². The van der Waals surface area contributed by atoms with Crippen LogP contribution in [0.15, 0.2) is 77.8 Å². The third-order valence-electron chi connectivity index (χ3n) is 7.49. The predicted octanol–water partition coefficient (Wildman–Crippen LogP) is 5.67. The molecule has 0 bridgehead atoms. The van der Waals surface area contributed by atoms with Crippen molar-refractivity contribution < 1.29 is 60.1 Å². The second-order valence-corrected chi connectivity index (χ2v) is 12.3. The van der Waals surface area contributed by atoms with Gasteiger partial charge in [0.1, 0.15) is 11.5 Å². The number of halogens is 7. The van der Waals surface area contributed by atoms with Gasteiger partial charge in [-0.15, -0.1) is 0 Å². The summed E-state index contributed by atoms with van der Waals surface area (Å²) in [7, 11) is 0. The molecule has 56 heavy (non-hydrogen) atoms. The van der Waals surface area contributed by atoms with E-state index in [1.54, 1.807) is 24.3 Å². The zero-order valence-electron chi connectivity index (χ0n) is 28.3. The minimum atomic E-state index is -4.68. The molecule has 294 valence electrons. The maximum Gasteiger partial charge on any atom is 0.422 e. The molecule has 0 unspecified atom stereocenters. The van der Waals surface area contributed by atoms with Crippen LogP contribution in [0.3, 0.4) is 0 Å². The van der Waals surface area contributed by atoms with E-state index in [4.69, 9.17) is 16.3 Å². The van der Waals surface area contributed by atoms with E-state index < -0.39 is 73.1 Å². The summed E-state index contributed by atoms with van der Waals surface area (Å²) in [6.45, 7) is -4.07. The number of benzene rings is 3. The number of nitrogens with zero attached hydrogens (tertiary/aromatic N) is 4. The summed E-state index contributed by atoms with van der Waals surface area (Å²) in [5, 5.41) is 20.1. The molecular formula is C34H27ClF6N8O7. The third-order valence-corrected chi connectivity index (χ3v) is 7.74. The molecule has 0 saturated heterocycles. The van der Waals surface area contributed by atoms with Crippen molar-refractivity contribution >= 4 is 64.3 Å². The number of aliphatic imine (C=N–C) groups is 1. The first kappa shape index (κ1) is 40.7. The van der Waals surface area contributed by atoms with E-state index in [0.717, 1.165) is 29.8 Å². The summed E-state index contributed by atoms with van der Waals surface area (Å²) in [4.78, 5) is 64.7. The average Bonchev–Trinajstić information content (AvgIpc) is 3.91. The molecule has 3 amide bonds. The van der Waals surface area contributed by atoms with Gasteiger partial charge in [0.15, 0.2) is 13.2 Å². The Labute approximate surface area is 316 Å². The van der Waals surface area contributed by atoms with Gasteiger partial charge < -0.3 is 35.8 Å². The second kappa shape index (κ2) is 16.9. The number of ether oxygens (including phenoxy) is 2. The van der Waals surface area contributed by atoms with E-state index in [0.29, 0.717) is 17.9 Å². The number of anilines is 4. The molecule has 1 saturated carbocycles. The highest BCUT2D eigenvalue weighted by Gasteiger charge is 2.45. The number of carbonyl (C=O) groups is 4. The number of aliphatic carboxylic acids is 1. The molecule has 0 radical (unpaired) electrons. The van der Waals surface area contributed by atoms with Gasteiger partial charge in [0.2, 0.25) is 11.9 Å². The van der Waals surface area contributed by atoms with Gasteiger partial charge >= 0.3 is 36.1 Å². The van der Waals surface area contributed by atoms with Gasteiger partial charge in [-0.3, -0.25) is 14.4 Å². The van der Waals surface area contributed by atoms with Crippen molar-refractivity contribution in [2.45, 2.75) is 30.7 Å². The normalized spacial score (nSPS) is 13.6. The number of amides is 3. The number of alkyl halides is 6. The van der Waals surface area contributed by atoms with E-state index in [1.165, 1.54) is 24.3 Å². The van der Waals surface area contributed by atoms with Crippen molar-refractivity contribution in [3.8, 4) is 11.8 Å². The van der Waals surface area contributed by atoms with E-state index in [-0.39, 0.29) is 34.6 Å². The summed E-state index contributed by atoms with van der Waals surface area (Å²) in [6, 6.07) is 16.1. The van der Waals surface area contributed by atoms with Crippen LogP contribution in [-0.2, 0) is 19.9 Å². The van der Waals surface area contributed by atoms with E-state index in [9.17, 15) is 50.6 Å². The quantitative estimate of drug-likeness (QED) is 0.0594. The molecule has 5 rings (SSSR count). The summed E-state index contributed by atoms with van der Waals surface area (Å²) in [6.07, 6.45) is -7.92. The SMILES string of the molecule is O=C(O)C(CNC(=O)C(=O)Nc1ccc(OCC(F)(F)F)cc1)=NC(=O)c1ccc(Nc2nc(NC3(c4ccc(Cl)cc4)CC3)nc(OCC(F)(F)F)n2)cc1. The first-order chi connectivity index (χ1) is 26.4. The number of hydrogen-bond donors (Lipinski definition) is 5. The molecule has 15 nitrogen and oxygen atoms in total. The number of carboxylic acid groups (broad SMARTS) is 1. The molecule has 0 aliphatic heterocycles. The maximum atomic E-state index is 12.9. The van der Waals surface area contributed by atoms with Crippen LogP contribution in [0, 0.1) is 0 Å². The molecule has 1 aliphatic rings. The lowest BCUT2D eigenvalue weighted by molar-refractivity contribution is -0.155. The van der Waals surface area contributed by atoms with Gasteiger partial charge in [-0.25, -0.2) is 9.79 Å². The molecule has 22 heteroatoms. The average molecular weight is 809 g/mol. The summed E-state index contributed by atoms with van der Waals surface area (Å²) in [5.41, 5.74) is -0.469. The Morgan fingerprint density at radius 2 is 1.36 bits per heavy atom. The predicted molar refractivity (Wildman–Crippen MR) is 186 cm³/mol. The standard InChI is InChI=1S/C34H27ClF6N8O7/c35-20-5-3-19(4-6-20)32(13-14-32)49-30-46-29(47-31(48-30)56-17-34(39,40)41)44-22-7-1-18(2-8-22)25(50)45-24(28(53)54)15-42-26(51)27(52)43-21-9-11-23(12-10-21)55-16-33(36,37)38/h1-12H,13-17H2,(H,42,51)(H,43,52)(H,53,54)(H2,44,46,47,48,49). The molecule has 1 aliphatic carbocycles. The van der Waals surface area contributed by atoms with Crippen LogP contribution >= 0.6 is 11.6 Å². The molecule has 1 aromatic heterocycles. The van der Waals surface area contributed by atoms with Crippen molar-refractivity contribution in [1.82, 2.24) is 20.3 Å². The Kier molecular flexibility index (Phi) is 12.3. The van der Waals surface area contributed by atoms with Crippen LogP contribution in [-0.4, -0.2) is 81.6 Å². The Morgan fingerprint density at radius 3 is 1.95 bits per heavy atom. The second-order valence-electron chi connectivity index (χ2n) is 11.8. The molecule has 0 spiro atoms. The Bertz CT molecular complexity index is 2110. The topological polar surface area (TPSA) is 206 Å². The highest BCUT2D eigenvalue weighted by atomic mass is 35.5. The molecule has 5 N–H and O–H groups in total. The zero-order valence-corrected chi connectivity index (χ0v) is 29.1. The number of carbonyl (C=O) groups excluding carboxylic acids is 3. The smallest absolute Gasteiger partial charge is 0.422 e. The van der Waals surface area contributed by atoms with Crippen LogP contribution < -0.4 is 30.7 Å². The Balaban J connectivity index is 1.21. The summed E-state index contributed by atoms with van der Waals surface area (Å²) >= 11 is 6.00. The van der Waals surface area contributed by atoms with Crippen LogP contribution in [0.1, 0.15) is 28.8 Å². The van der Waals surface area contributed by atoms with Gasteiger partial charge in [0, 0.05) is 22.0 Å². The summed E-state index contributed by atoms with van der Waals surface area (Å²) < 4.78 is 85.0. The zero-order chi connectivity index (χ0) is 40.7. The molecule has 4 aromatic rings. The largest absolute Gasteiger partial charge is 0.484 e. The van der Waals surface area contributed by atoms with Crippen LogP contribution in [0.4, 0.5) is 49.6 Å². The third kappa shape index (κ3) is 12.0. The Hall–Kier alpha value is -6.51. The fourth-order valence-electron chi connectivity index (χ4n) is 4.68. The van der Waals surface area contributed by atoms with Crippen molar-refractivity contribution in [1.29, 1.82) is 0 Å². The van der Waals surface area contributed by atoms with Crippen molar-refractivity contribution in [2.24, 2.45) is 4.99 Å². The lowest BCUT2D eigenvalue weighted by Gasteiger charge is -2.19. The van der Waals surface area contributed by atoms with E-state index >= 15 is 0 Å². The monoisotopic (exact) mass is 808 g/mol. The van der Waals surface area contributed by atoms with Gasteiger partial charge in [-0.05, 0) is 79.1 Å². The lowest BCUT2D eigenvalue weighted by atomic mass is 10.1. The van der Waals surface area contributed by atoms with Crippen LogP contribution in [0.25, 0.3) is 0 Å². The molecule has 3 aromatic carbocycles. The van der Waals surface area contributed by atoms with E-state index in [1.807, 2.05) is 5.32 Å². The highest BCUT2D eigenvalue weighted by molar-refractivity contribution is 6.42. The highest BCUT2D eigenvalue weighted by Crippen LogP contribution is 2.48. The van der Waals surface area contributed by atoms with Gasteiger partial charge in [-0.1, -0.05) is 23.7 Å². The van der Waals surface area contributed by atoms with Crippen LogP contribution in [0.5, 0.6) is 11.8 Å². The molecule has 1 fully saturated rings. The van der Waals surface area contributed by atoms with Gasteiger partial charge in [0.25, 0.3) is 5.91 Å². The number of rotatable bonds is 14. The number of aromatic nitrogens is 3. The number of hydrogen-bond acceptors (Lipinski definition) is 11. The fraction of sp³-hybridized carbons (Fsp3) is 0.235. The fourth-order valence-corrected chi connectivity index (χ4v) is 4.81. The van der Waals surface area contributed by atoms with Crippen molar-refractivity contribution in [3.05, 3.63) is 88.9 Å². The minimum absolute atomic E-state index is 0.00776. The van der Waals surface area contributed by atoms with Gasteiger partial charge in [-0.2, -0.15) is 41.3 Å². The van der Waals surface area contributed by atoms with E-state index in [2.05, 4.69) is 40.6 Å². The first-order valence-corrected chi connectivity index (χ1v) is 16.4.